The third-order valence-corrected chi connectivity index (χ3v) is 4.03. The fourth-order valence-electron chi connectivity index (χ4n) is 2.68. The highest BCUT2D eigenvalue weighted by molar-refractivity contribution is 6.07. The molecule has 6 heteroatoms. The number of amides is 1. The molecular formula is C20H17N3O3. The van der Waals surface area contributed by atoms with Gasteiger partial charge in [0.1, 0.15) is 0 Å². The second-order valence-electron chi connectivity index (χ2n) is 5.84. The molecule has 2 aromatic carbocycles. The van der Waals surface area contributed by atoms with Crippen LogP contribution in [0.5, 0.6) is 0 Å². The number of aromatic nitrogens is 1. The molecule has 0 N–H and O–H groups in total. The summed E-state index contributed by atoms with van der Waals surface area (Å²) in [6, 6.07) is 17.3. The quantitative estimate of drug-likeness (QED) is 0.513. The van der Waals surface area contributed by atoms with Crippen molar-refractivity contribution in [2.24, 2.45) is 0 Å². The summed E-state index contributed by atoms with van der Waals surface area (Å²) in [5, 5.41) is 11.1. The number of benzene rings is 2. The first-order valence-corrected chi connectivity index (χ1v) is 8.07. The Kier molecular flexibility index (Phi) is 5.03. The number of hydrogen-bond donors (Lipinski definition) is 0. The fraction of sp³-hybridized carbons (Fsp3) is 0.100. The van der Waals surface area contributed by atoms with Crippen LogP contribution in [0, 0.1) is 17.0 Å². The molecule has 26 heavy (non-hydrogen) atoms. The molecule has 6 nitrogen and oxygen atoms in total. The minimum atomic E-state index is -0.466. The monoisotopic (exact) mass is 347 g/mol. The Bertz CT molecular complexity index is 942. The minimum Gasteiger partial charge on any atom is -0.304 e. The van der Waals surface area contributed by atoms with Gasteiger partial charge in [-0.1, -0.05) is 36.4 Å². The summed E-state index contributed by atoms with van der Waals surface area (Å²) < 4.78 is 0. The molecule has 0 saturated heterocycles. The summed E-state index contributed by atoms with van der Waals surface area (Å²) in [5.74, 6) is -0.228. The van der Waals surface area contributed by atoms with Gasteiger partial charge in [0.05, 0.1) is 17.2 Å². The highest BCUT2D eigenvalue weighted by Crippen LogP contribution is 2.25. The van der Waals surface area contributed by atoms with E-state index in [9.17, 15) is 14.9 Å². The molecule has 3 rings (SSSR count). The van der Waals surface area contributed by atoms with Crippen LogP contribution < -0.4 is 4.90 Å². The summed E-state index contributed by atoms with van der Waals surface area (Å²) in [6.07, 6.45) is 3.19. The number of hydrogen-bond acceptors (Lipinski definition) is 4. The lowest BCUT2D eigenvalue weighted by Crippen LogP contribution is -2.31. The minimum absolute atomic E-state index is 0.0557. The van der Waals surface area contributed by atoms with Crippen LogP contribution in [0.3, 0.4) is 0 Å². The molecule has 0 fully saturated rings. The van der Waals surface area contributed by atoms with Gasteiger partial charge in [0.2, 0.25) is 0 Å². The number of rotatable bonds is 5. The SMILES string of the molecule is Cc1cnccc1C(=O)N(Cc1ccccc1)c1cccc([N+](=O)[O-])c1. The average molecular weight is 347 g/mol. The van der Waals surface area contributed by atoms with E-state index in [0.717, 1.165) is 11.1 Å². The van der Waals surface area contributed by atoms with E-state index in [-0.39, 0.29) is 11.6 Å². The Balaban J connectivity index is 2.04. The van der Waals surface area contributed by atoms with Crippen molar-refractivity contribution in [2.75, 3.05) is 4.90 Å². The topological polar surface area (TPSA) is 76.3 Å². The Morgan fingerprint density at radius 2 is 1.88 bits per heavy atom. The molecule has 1 aromatic heterocycles. The third kappa shape index (κ3) is 3.75. The third-order valence-electron chi connectivity index (χ3n) is 4.03. The zero-order valence-electron chi connectivity index (χ0n) is 14.2. The van der Waals surface area contributed by atoms with E-state index in [0.29, 0.717) is 17.8 Å². The van der Waals surface area contributed by atoms with Gasteiger partial charge < -0.3 is 4.90 Å². The zero-order valence-corrected chi connectivity index (χ0v) is 14.2. The number of anilines is 1. The van der Waals surface area contributed by atoms with E-state index in [1.165, 1.54) is 12.1 Å². The van der Waals surface area contributed by atoms with Crippen molar-refractivity contribution in [3.8, 4) is 0 Å². The van der Waals surface area contributed by atoms with Gasteiger partial charge in [0.15, 0.2) is 0 Å². The molecule has 0 bridgehead atoms. The summed E-state index contributed by atoms with van der Waals surface area (Å²) in [7, 11) is 0. The Morgan fingerprint density at radius 3 is 2.58 bits per heavy atom. The molecule has 0 atom stereocenters. The zero-order chi connectivity index (χ0) is 18.5. The number of nitro groups is 1. The number of carbonyl (C=O) groups excluding carboxylic acids is 1. The van der Waals surface area contributed by atoms with Crippen LogP contribution in [0.2, 0.25) is 0 Å². The maximum atomic E-state index is 13.2. The fourth-order valence-corrected chi connectivity index (χ4v) is 2.68. The number of carbonyl (C=O) groups is 1. The first-order valence-electron chi connectivity index (χ1n) is 8.07. The number of nitrogens with zero attached hydrogens (tertiary/aromatic N) is 3. The Morgan fingerprint density at radius 1 is 1.12 bits per heavy atom. The van der Waals surface area contributed by atoms with Crippen molar-refractivity contribution in [3.05, 3.63) is 99.9 Å². The van der Waals surface area contributed by atoms with Crippen LogP contribution in [0.15, 0.2) is 73.1 Å². The predicted octanol–water partition coefficient (Wildman–Crippen LogP) is 4.15. The van der Waals surface area contributed by atoms with Crippen molar-refractivity contribution in [1.82, 2.24) is 4.98 Å². The van der Waals surface area contributed by atoms with Gasteiger partial charge in [-0.15, -0.1) is 0 Å². The normalized spacial score (nSPS) is 10.3. The van der Waals surface area contributed by atoms with Crippen molar-refractivity contribution in [3.63, 3.8) is 0 Å². The molecule has 0 spiro atoms. The largest absolute Gasteiger partial charge is 0.304 e. The van der Waals surface area contributed by atoms with Gasteiger partial charge in [-0.3, -0.25) is 19.9 Å². The Hall–Kier alpha value is -3.54. The second kappa shape index (κ2) is 7.57. The number of aryl methyl sites for hydroxylation is 1. The van der Waals surface area contributed by atoms with Crippen LogP contribution in [0.1, 0.15) is 21.5 Å². The summed E-state index contributed by atoms with van der Waals surface area (Å²) in [5.41, 5.74) is 2.62. The van der Waals surface area contributed by atoms with Crippen molar-refractivity contribution in [1.29, 1.82) is 0 Å². The van der Waals surface area contributed by atoms with Gasteiger partial charge in [0.25, 0.3) is 11.6 Å². The van der Waals surface area contributed by atoms with E-state index < -0.39 is 4.92 Å². The van der Waals surface area contributed by atoms with Crippen molar-refractivity contribution in [2.45, 2.75) is 13.5 Å². The first kappa shape index (κ1) is 17.3. The Labute approximate surface area is 150 Å². The van der Waals surface area contributed by atoms with E-state index in [1.807, 2.05) is 37.3 Å². The van der Waals surface area contributed by atoms with Gasteiger partial charge in [0, 0.05) is 30.1 Å². The smallest absolute Gasteiger partial charge is 0.271 e. The van der Waals surface area contributed by atoms with Crippen molar-refractivity contribution >= 4 is 17.3 Å². The number of nitro benzene ring substituents is 1. The summed E-state index contributed by atoms with van der Waals surface area (Å²) in [6.45, 7) is 2.12. The van der Waals surface area contributed by atoms with Gasteiger partial charge in [-0.25, -0.2) is 0 Å². The molecule has 0 unspecified atom stereocenters. The molecule has 0 radical (unpaired) electrons. The van der Waals surface area contributed by atoms with Gasteiger partial charge in [-0.2, -0.15) is 0 Å². The van der Waals surface area contributed by atoms with Gasteiger partial charge >= 0.3 is 0 Å². The maximum Gasteiger partial charge on any atom is 0.271 e. The van der Waals surface area contributed by atoms with E-state index in [1.54, 1.807) is 35.5 Å². The van der Waals surface area contributed by atoms with Gasteiger partial charge in [-0.05, 0) is 30.2 Å². The molecule has 0 aliphatic rings. The van der Waals surface area contributed by atoms with Crippen LogP contribution in [-0.4, -0.2) is 15.8 Å². The second-order valence-corrected chi connectivity index (χ2v) is 5.84. The van der Waals surface area contributed by atoms with Crippen LogP contribution in [0.4, 0.5) is 11.4 Å². The van der Waals surface area contributed by atoms with Crippen molar-refractivity contribution < 1.29 is 9.72 Å². The van der Waals surface area contributed by atoms with E-state index >= 15 is 0 Å². The number of non-ortho nitro benzene ring substituents is 1. The first-order chi connectivity index (χ1) is 12.6. The average Bonchev–Trinajstić information content (AvgIpc) is 2.67. The molecule has 130 valence electrons. The van der Waals surface area contributed by atoms with Crippen LogP contribution in [0.25, 0.3) is 0 Å². The highest BCUT2D eigenvalue weighted by Gasteiger charge is 2.21. The molecule has 0 aliphatic carbocycles. The van der Waals surface area contributed by atoms with E-state index in [2.05, 4.69) is 4.98 Å². The lowest BCUT2D eigenvalue weighted by molar-refractivity contribution is -0.384. The molecule has 0 saturated carbocycles. The van der Waals surface area contributed by atoms with Crippen LogP contribution >= 0.6 is 0 Å². The molecule has 3 aromatic rings. The molecule has 0 aliphatic heterocycles. The molecular weight excluding hydrogens is 330 g/mol. The predicted molar refractivity (Wildman–Crippen MR) is 99.0 cm³/mol. The lowest BCUT2D eigenvalue weighted by Gasteiger charge is -2.23. The van der Waals surface area contributed by atoms with E-state index in [4.69, 9.17) is 0 Å². The standard InChI is InChI=1S/C20H17N3O3/c1-15-13-21-11-10-19(15)20(24)22(14-16-6-3-2-4-7-16)17-8-5-9-18(12-17)23(25)26/h2-13H,14H2,1H3. The van der Waals surface area contributed by atoms with Crippen LogP contribution in [-0.2, 0) is 6.54 Å². The maximum absolute atomic E-state index is 13.2. The molecule has 1 heterocycles. The molecule has 1 amide bonds. The summed E-state index contributed by atoms with van der Waals surface area (Å²) >= 11 is 0. The lowest BCUT2D eigenvalue weighted by atomic mass is 10.1. The highest BCUT2D eigenvalue weighted by atomic mass is 16.6. The number of pyridine rings is 1. The summed E-state index contributed by atoms with van der Waals surface area (Å²) in [4.78, 5) is 29.4.